The normalized spacial score (nSPS) is 20.9. The number of halogens is 2. The molecular formula is C18H26Cl2N2O2. The number of carbonyl (C=O) groups excluding carboxylic acids is 1. The van der Waals surface area contributed by atoms with E-state index in [1.165, 1.54) is 12.8 Å². The van der Waals surface area contributed by atoms with Crippen LogP contribution in [0.3, 0.4) is 0 Å². The van der Waals surface area contributed by atoms with Crippen molar-refractivity contribution in [2.75, 3.05) is 26.7 Å². The summed E-state index contributed by atoms with van der Waals surface area (Å²) in [6.45, 7) is 2.56. The molecule has 1 atom stereocenters. The Kier molecular flexibility index (Phi) is 7.20. The molecule has 1 aliphatic carbocycles. The fraction of sp³-hybridized carbons (Fsp3) is 0.611. The summed E-state index contributed by atoms with van der Waals surface area (Å²) >= 11 is 6.13. The highest BCUT2D eigenvalue weighted by Gasteiger charge is 2.29. The Morgan fingerprint density at radius 3 is 2.79 bits per heavy atom. The van der Waals surface area contributed by atoms with Crippen LogP contribution in [0, 0.1) is 5.92 Å². The lowest BCUT2D eigenvalue weighted by Gasteiger charge is -2.21. The van der Waals surface area contributed by atoms with Gasteiger partial charge >= 0.3 is 0 Å². The Hall–Kier alpha value is -0.970. The number of benzene rings is 1. The Bertz CT molecular complexity index is 562. The lowest BCUT2D eigenvalue weighted by atomic mass is 10.1. The first-order valence-electron chi connectivity index (χ1n) is 8.57. The summed E-state index contributed by atoms with van der Waals surface area (Å²) in [6, 6.07) is 5.39. The number of likely N-dealkylation sites (tertiary alicyclic amines) is 1. The van der Waals surface area contributed by atoms with Crippen molar-refractivity contribution < 1.29 is 9.53 Å². The largest absolute Gasteiger partial charge is 0.490 e. The van der Waals surface area contributed by atoms with Crippen LogP contribution < -0.4 is 10.1 Å². The summed E-state index contributed by atoms with van der Waals surface area (Å²) in [5.41, 5.74) is 0.606. The third-order valence-corrected chi connectivity index (χ3v) is 5.07. The highest BCUT2D eigenvalue weighted by atomic mass is 35.5. The molecule has 24 heavy (non-hydrogen) atoms. The number of hydrogen-bond donors (Lipinski definition) is 1. The molecule has 0 spiro atoms. The fourth-order valence-electron chi connectivity index (χ4n) is 3.60. The molecule has 4 nitrogen and oxygen atoms in total. The van der Waals surface area contributed by atoms with E-state index in [2.05, 4.69) is 5.32 Å². The van der Waals surface area contributed by atoms with Gasteiger partial charge < -0.3 is 15.0 Å². The Labute approximate surface area is 155 Å². The van der Waals surface area contributed by atoms with Crippen LogP contribution in [0.2, 0.25) is 5.02 Å². The van der Waals surface area contributed by atoms with Crippen LogP contribution in [0.15, 0.2) is 18.2 Å². The van der Waals surface area contributed by atoms with Crippen LogP contribution in [-0.2, 0) is 0 Å². The van der Waals surface area contributed by atoms with E-state index in [0.29, 0.717) is 22.3 Å². The van der Waals surface area contributed by atoms with E-state index in [-0.39, 0.29) is 24.4 Å². The van der Waals surface area contributed by atoms with Crippen molar-refractivity contribution in [1.82, 2.24) is 10.2 Å². The van der Waals surface area contributed by atoms with E-state index in [4.69, 9.17) is 16.3 Å². The number of nitrogens with one attached hydrogen (secondary N) is 1. The van der Waals surface area contributed by atoms with E-state index in [1.807, 2.05) is 18.0 Å². The maximum absolute atomic E-state index is 12.9. The SMILES string of the molecule is CNCC1CCN(C(=O)c2cc(Cl)ccc2OC2CCCC2)C1.Cl. The molecule has 134 valence electrons. The van der Waals surface area contributed by atoms with E-state index in [0.717, 1.165) is 38.9 Å². The van der Waals surface area contributed by atoms with Crippen LogP contribution in [0.25, 0.3) is 0 Å². The number of amides is 1. The maximum atomic E-state index is 12.9. The van der Waals surface area contributed by atoms with Gasteiger partial charge in [0.1, 0.15) is 5.75 Å². The van der Waals surface area contributed by atoms with E-state index in [1.54, 1.807) is 12.1 Å². The van der Waals surface area contributed by atoms with Crippen LogP contribution in [0.1, 0.15) is 42.5 Å². The molecule has 0 bridgehead atoms. The van der Waals surface area contributed by atoms with E-state index < -0.39 is 0 Å². The molecule has 1 aromatic carbocycles. The minimum Gasteiger partial charge on any atom is -0.490 e. The maximum Gasteiger partial charge on any atom is 0.257 e. The monoisotopic (exact) mass is 372 g/mol. The summed E-state index contributed by atoms with van der Waals surface area (Å²) in [7, 11) is 1.95. The molecule has 1 amide bonds. The van der Waals surface area contributed by atoms with Gasteiger partial charge in [-0.25, -0.2) is 0 Å². The second-order valence-corrected chi connectivity index (χ2v) is 7.06. The van der Waals surface area contributed by atoms with Gasteiger partial charge in [-0.15, -0.1) is 12.4 Å². The molecule has 1 saturated carbocycles. The zero-order valence-electron chi connectivity index (χ0n) is 14.1. The molecule has 1 aromatic rings. The van der Waals surface area contributed by atoms with Gasteiger partial charge in [0, 0.05) is 18.1 Å². The smallest absolute Gasteiger partial charge is 0.257 e. The topological polar surface area (TPSA) is 41.6 Å². The van der Waals surface area contributed by atoms with Crippen molar-refractivity contribution in [3.63, 3.8) is 0 Å². The van der Waals surface area contributed by atoms with Gasteiger partial charge in [-0.3, -0.25) is 4.79 Å². The van der Waals surface area contributed by atoms with Gasteiger partial charge in [0.05, 0.1) is 11.7 Å². The molecule has 1 N–H and O–H groups in total. The highest BCUT2D eigenvalue weighted by molar-refractivity contribution is 6.31. The predicted molar refractivity (Wildman–Crippen MR) is 99.5 cm³/mol. The summed E-state index contributed by atoms with van der Waals surface area (Å²) < 4.78 is 6.10. The molecule has 1 unspecified atom stereocenters. The van der Waals surface area contributed by atoms with Gasteiger partial charge in [0.2, 0.25) is 0 Å². The third kappa shape index (κ3) is 4.56. The summed E-state index contributed by atoms with van der Waals surface area (Å²) in [4.78, 5) is 14.8. The standard InChI is InChI=1S/C18H25ClN2O2.ClH/c1-20-11-13-8-9-21(12-13)18(22)16-10-14(19)6-7-17(16)23-15-4-2-3-5-15;/h6-7,10,13,15,20H,2-5,8-9,11-12H2,1H3;1H. The highest BCUT2D eigenvalue weighted by Crippen LogP contribution is 2.30. The number of nitrogens with zero attached hydrogens (tertiary/aromatic N) is 1. The van der Waals surface area contributed by atoms with Gasteiger partial charge in [-0.2, -0.15) is 0 Å². The van der Waals surface area contributed by atoms with Crippen molar-refractivity contribution in [1.29, 1.82) is 0 Å². The lowest BCUT2D eigenvalue weighted by Crippen LogP contribution is -2.31. The Morgan fingerprint density at radius 1 is 1.33 bits per heavy atom. The van der Waals surface area contributed by atoms with Gasteiger partial charge in [0.25, 0.3) is 5.91 Å². The predicted octanol–water partition coefficient (Wildman–Crippen LogP) is 3.76. The number of carbonyl (C=O) groups is 1. The molecule has 1 aliphatic heterocycles. The average Bonchev–Trinajstić information content (AvgIpc) is 3.20. The van der Waals surface area contributed by atoms with Gasteiger partial charge in [0.15, 0.2) is 0 Å². The van der Waals surface area contributed by atoms with Crippen molar-refractivity contribution >= 4 is 29.9 Å². The van der Waals surface area contributed by atoms with E-state index in [9.17, 15) is 4.79 Å². The van der Waals surface area contributed by atoms with Gasteiger partial charge in [-0.05, 0) is 69.8 Å². The quantitative estimate of drug-likeness (QED) is 0.855. The first-order chi connectivity index (χ1) is 11.2. The fourth-order valence-corrected chi connectivity index (χ4v) is 3.77. The molecule has 3 rings (SSSR count). The summed E-state index contributed by atoms with van der Waals surface area (Å²) in [5.74, 6) is 1.25. The molecule has 1 saturated heterocycles. The molecule has 6 heteroatoms. The summed E-state index contributed by atoms with van der Waals surface area (Å²) in [5, 5.41) is 3.78. The Morgan fingerprint density at radius 2 is 2.08 bits per heavy atom. The minimum atomic E-state index is 0. The number of rotatable bonds is 5. The van der Waals surface area contributed by atoms with Crippen LogP contribution in [0.4, 0.5) is 0 Å². The van der Waals surface area contributed by atoms with Crippen LogP contribution >= 0.6 is 24.0 Å². The summed E-state index contributed by atoms with van der Waals surface area (Å²) in [6.07, 6.45) is 5.84. The van der Waals surface area contributed by atoms with Gasteiger partial charge in [-0.1, -0.05) is 11.6 Å². The first-order valence-corrected chi connectivity index (χ1v) is 8.95. The van der Waals surface area contributed by atoms with E-state index >= 15 is 0 Å². The lowest BCUT2D eigenvalue weighted by molar-refractivity contribution is 0.0779. The van der Waals surface area contributed by atoms with Crippen molar-refractivity contribution in [2.24, 2.45) is 5.92 Å². The average molecular weight is 373 g/mol. The first kappa shape index (κ1) is 19.4. The molecule has 2 aliphatic rings. The Balaban J connectivity index is 0.00000208. The molecule has 0 radical (unpaired) electrons. The molecule has 1 heterocycles. The second kappa shape index (κ2) is 8.93. The zero-order valence-corrected chi connectivity index (χ0v) is 15.7. The van der Waals surface area contributed by atoms with Crippen molar-refractivity contribution in [3.05, 3.63) is 28.8 Å². The molecule has 2 fully saturated rings. The molecular weight excluding hydrogens is 347 g/mol. The minimum absolute atomic E-state index is 0. The molecule has 0 aromatic heterocycles. The third-order valence-electron chi connectivity index (χ3n) is 4.83. The number of ether oxygens (including phenoxy) is 1. The zero-order chi connectivity index (χ0) is 16.2. The van der Waals surface area contributed by atoms with Crippen LogP contribution in [-0.4, -0.2) is 43.6 Å². The van der Waals surface area contributed by atoms with Crippen LogP contribution in [0.5, 0.6) is 5.75 Å². The number of hydrogen-bond acceptors (Lipinski definition) is 3. The van der Waals surface area contributed by atoms with Crippen molar-refractivity contribution in [3.8, 4) is 5.75 Å². The second-order valence-electron chi connectivity index (χ2n) is 6.63. The van der Waals surface area contributed by atoms with Crippen molar-refractivity contribution in [2.45, 2.75) is 38.2 Å².